The second-order valence-corrected chi connectivity index (χ2v) is 8.62. The van der Waals surface area contributed by atoms with Crippen molar-refractivity contribution in [2.75, 3.05) is 0 Å². The first kappa shape index (κ1) is 16.5. The molecule has 0 saturated heterocycles. The van der Waals surface area contributed by atoms with Gasteiger partial charge in [0.25, 0.3) is 0 Å². The summed E-state index contributed by atoms with van der Waals surface area (Å²) in [6.45, 7) is 2.10. The zero-order chi connectivity index (χ0) is 16.6. The first-order chi connectivity index (χ1) is 10.8. The molecule has 0 radical (unpaired) electrons. The summed E-state index contributed by atoms with van der Waals surface area (Å²) < 4.78 is 22.4. The van der Waals surface area contributed by atoms with Gasteiger partial charge in [0.1, 0.15) is 0 Å². The zero-order valence-electron chi connectivity index (χ0n) is 13.4. The van der Waals surface area contributed by atoms with Crippen LogP contribution < -0.4 is 10.5 Å². The molecule has 1 aromatic carbocycles. The molecule has 0 heterocycles. The van der Waals surface area contributed by atoms with Gasteiger partial charge in [-0.3, -0.25) is 4.79 Å². The average molecular weight is 336 g/mol. The van der Waals surface area contributed by atoms with Gasteiger partial charge in [-0.25, -0.2) is 13.6 Å². The van der Waals surface area contributed by atoms with Gasteiger partial charge in [-0.2, -0.15) is 0 Å². The summed E-state index contributed by atoms with van der Waals surface area (Å²) in [4.78, 5) is 12.3. The number of amides is 1. The summed E-state index contributed by atoms with van der Waals surface area (Å²) in [6, 6.07) is 6.37. The van der Waals surface area contributed by atoms with Crippen molar-refractivity contribution in [3.05, 3.63) is 29.8 Å². The van der Waals surface area contributed by atoms with Crippen LogP contribution in [0.15, 0.2) is 29.2 Å². The lowest BCUT2D eigenvalue weighted by molar-refractivity contribution is -0.121. The Bertz CT molecular complexity index is 684. The van der Waals surface area contributed by atoms with E-state index in [0.717, 1.165) is 17.4 Å². The maximum Gasteiger partial charge on any atom is 0.238 e. The summed E-state index contributed by atoms with van der Waals surface area (Å²) >= 11 is 0. The molecule has 126 valence electrons. The highest BCUT2D eigenvalue weighted by Crippen LogP contribution is 2.49. The van der Waals surface area contributed by atoms with Gasteiger partial charge in [0.2, 0.25) is 15.9 Å². The highest BCUT2D eigenvalue weighted by molar-refractivity contribution is 7.89. The van der Waals surface area contributed by atoms with Crippen LogP contribution in [0.4, 0.5) is 0 Å². The van der Waals surface area contributed by atoms with Crippen LogP contribution in [0.2, 0.25) is 0 Å². The normalized spacial score (nSPS) is 27.8. The van der Waals surface area contributed by atoms with E-state index in [9.17, 15) is 13.2 Å². The second kappa shape index (κ2) is 6.24. The fourth-order valence-electron chi connectivity index (χ4n) is 4.30. The number of sulfonamides is 1. The molecule has 0 unspecified atom stereocenters. The van der Waals surface area contributed by atoms with Crippen LogP contribution in [0.25, 0.3) is 0 Å². The summed E-state index contributed by atoms with van der Waals surface area (Å²) in [5.74, 6) is 2.26. The number of carbonyl (C=O) groups is 1. The van der Waals surface area contributed by atoms with E-state index < -0.39 is 10.0 Å². The molecule has 2 saturated carbocycles. The summed E-state index contributed by atoms with van der Waals surface area (Å²) in [7, 11) is -3.68. The Morgan fingerprint density at radius 3 is 2.48 bits per heavy atom. The van der Waals surface area contributed by atoms with Gasteiger partial charge < -0.3 is 5.32 Å². The lowest BCUT2D eigenvalue weighted by Gasteiger charge is -2.28. The van der Waals surface area contributed by atoms with E-state index in [0.29, 0.717) is 5.92 Å². The van der Waals surface area contributed by atoms with Gasteiger partial charge in [-0.05, 0) is 61.6 Å². The first-order valence-electron chi connectivity index (χ1n) is 8.24. The minimum Gasteiger partial charge on any atom is -0.353 e. The van der Waals surface area contributed by atoms with Gasteiger partial charge in [-0.1, -0.05) is 18.6 Å². The third kappa shape index (κ3) is 3.75. The lowest BCUT2D eigenvalue weighted by Crippen LogP contribution is -2.40. The molecule has 3 N–H and O–H groups in total. The van der Waals surface area contributed by atoms with Crippen molar-refractivity contribution in [2.45, 2.75) is 50.0 Å². The van der Waals surface area contributed by atoms with Crippen molar-refractivity contribution in [2.24, 2.45) is 22.9 Å². The lowest BCUT2D eigenvalue weighted by atomic mass is 9.84. The van der Waals surface area contributed by atoms with Gasteiger partial charge in [0.05, 0.1) is 11.3 Å². The van der Waals surface area contributed by atoms with Crippen molar-refractivity contribution in [3.8, 4) is 0 Å². The molecule has 4 atom stereocenters. The van der Waals surface area contributed by atoms with E-state index >= 15 is 0 Å². The molecule has 2 aliphatic carbocycles. The molecular formula is C17H24N2O3S. The number of primary sulfonamides is 1. The second-order valence-electron chi connectivity index (χ2n) is 7.06. The number of hydrogen-bond donors (Lipinski definition) is 2. The number of benzene rings is 1. The van der Waals surface area contributed by atoms with Gasteiger partial charge in [0.15, 0.2) is 0 Å². The Balaban J connectivity index is 1.55. The predicted octanol–water partition coefficient (Wildman–Crippen LogP) is 1.82. The quantitative estimate of drug-likeness (QED) is 0.859. The predicted molar refractivity (Wildman–Crippen MR) is 88.1 cm³/mol. The van der Waals surface area contributed by atoms with Crippen LogP contribution in [-0.2, 0) is 21.2 Å². The van der Waals surface area contributed by atoms with Crippen LogP contribution >= 0.6 is 0 Å². The Labute approximate surface area is 137 Å². The Morgan fingerprint density at radius 2 is 1.96 bits per heavy atom. The third-order valence-corrected chi connectivity index (χ3v) is 6.37. The van der Waals surface area contributed by atoms with Crippen molar-refractivity contribution in [3.63, 3.8) is 0 Å². The monoisotopic (exact) mass is 336 g/mol. The highest BCUT2D eigenvalue weighted by atomic mass is 32.2. The molecule has 1 aromatic rings. The Hall–Kier alpha value is -1.40. The number of carbonyl (C=O) groups excluding carboxylic acids is 1. The maximum atomic E-state index is 12.2. The fraction of sp³-hybridized carbons (Fsp3) is 0.588. The summed E-state index contributed by atoms with van der Waals surface area (Å²) in [6.07, 6.45) is 5.51. The maximum absolute atomic E-state index is 12.2. The number of fused-ring (bicyclic) bond motifs is 2. The minimum atomic E-state index is -3.68. The zero-order valence-corrected chi connectivity index (χ0v) is 14.2. The molecule has 0 aliphatic heterocycles. The summed E-state index contributed by atoms with van der Waals surface area (Å²) in [5, 5.41) is 8.18. The van der Waals surface area contributed by atoms with Crippen LogP contribution in [-0.4, -0.2) is 20.4 Å². The fourth-order valence-corrected chi connectivity index (χ4v) is 4.82. The topological polar surface area (TPSA) is 89.3 Å². The van der Waals surface area contributed by atoms with Crippen LogP contribution in [0.3, 0.4) is 0 Å². The van der Waals surface area contributed by atoms with Gasteiger partial charge >= 0.3 is 0 Å². The molecule has 0 spiro atoms. The molecule has 2 bridgehead atoms. The smallest absolute Gasteiger partial charge is 0.238 e. The molecule has 6 heteroatoms. The van der Waals surface area contributed by atoms with Gasteiger partial charge in [-0.15, -0.1) is 0 Å². The van der Waals surface area contributed by atoms with Crippen LogP contribution in [0.5, 0.6) is 0 Å². The van der Waals surface area contributed by atoms with E-state index in [1.54, 1.807) is 12.1 Å². The average Bonchev–Trinajstić information content (AvgIpc) is 3.09. The van der Waals surface area contributed by atoms with Crippen molar-refractivity contribution in [1.82, 2.24) is 5.32 Å². The molecule has 2 fully saturated rings. The largest absolute Gasteiger partial charge is 0.353 e. The molecule has 3 rings (SSSR count). The van der Waals surface area contributed by atoms with E-state index in [1.807, 2.05) is 0 Å². The van der Waals surface area contributed by atoms with Crippen LogP contribution in [0, 0.1) is 17.8 Å². The third-order valence-electron chi connectivity index (χ3n) is 5.44. The number of nitrogens with one attached hydrogen (secondary N) is 1. The number of hydrogen-bond acceptors (Lipinski definition) is 3. The molecular weight excluding hydrogens is 312 g/mol. The van der Waals surface area contributed by atoms with E-state index in [2.05, 4.69) is 12.2 Å². The standard InChI is InChI=1S/C17H24N2O3S/c1-11(16-9-13-2-5-14(16)8-13)19-17(20)10-12-3-6-15(7-4-12)23(18,21)22/h3-4,6-7,11,13-14,16H,2,5,8-10H2,1H3,(H,19,20)(H2,18,21,22)/t11-,13-,14-,16-/m0/s1. The Morgan fingerprint density at radius 1 is 1.26 bits per heavy atom. The molecule has 1 amide bonds. The number of nitrogens with two attached hydrogens (primary N) is 1. The van der Waals surface area contributed by atoms with Crippen molar-refractivity contribution < 1.29 is 13.2 Å². The van der Waals surface area contributed by atoms with Gasteiger partial charge in [0, 0.05) is 6.04 Å². The van der Waals surface area contributed by atoms with E-state index in [4.69, 9.17) is 5.14 Å². The van der Waals surface area contributed by atoms with E-state index in [-0.39, 0.29) is 23.3 Å². The molecule has 5 nitrogen and oxygen atoms in total. The molecule has 0 aromatic heterocycles. The highest BCUT2D eigenvalue weighted by Gasteiger charge is 2.42. The summed E-state index contributed by atoms with van der Waals surface area (Å²) in [5.41, 5.74) is 0.787. The SMILES string of the molecule is C[C@H](NC(=O)Cc1ccc(S(N)(=O)=O)cc1)[C@@H]1C[C@H]2CC[C@H]1C2. The van der Waals surface area contributed by atoms with E-state index in [1.165, 1.54) is 37.8 Å². The molecule has 2 aliphatic rings. The minimum absolute atomic E-state index is 0.0105. The van der Waals surface area contributed by atoms with Crippen molar-refractivity contribution >= 4 is 15.9 Å². The first-order valence-corrected chi connectivity index (χ1v) is 9.78. The van der Waals surface area contributed by atoms with Crippen molar-refractivity contribution in [1.29, 1.82) is 0 Å². The van der Waals surface area contributed by atoms with Crippen LogP contribution in [0.1, 0.15) is 38.2 Å². The molecule has 23 heavy (non-hydrogen) atoms. The Kier molecular flexibility index (Phi) is 4.47. The number of rotatable bonds is 5.